The zero-order valence-electron chi connectivity index (χ0n) is 7.66. The molecule has 0 aromatic carbocycles. The zero-order chi connectivity index (χ0) is 9.26. The minimum atomic E-state index is 0.325. The van der Waals surface area contributed by atoms with E-state index in [1.165, 1.54) is 0 Å². The second-order valence-electron chi connectivity index (χ2n) is 3.55. The maximum absolute atomic E-state index is 5.78. The molecule has 1 aromatic heterocycles. The van der Waals surface area contributed by atoms with Crippen LogP contribution in [0.5, 0.6) is 0 Å². The Bertz CT molecular complexity index is 285. The average molecular weight is 182 g/mol. The van der Waals surface area contributed by atoms with Crippen molar-refractivity contribution in [3.05, 3.63) is 5.89 Å². The summed E-state index contributed by atoms with van der Waals surface area (Å²) in [5, 5.41) is 6.96. The molecule has 72 valence electrons. The average Bonchev–Trinajstić information content (AvgIpc) is 2.62. The van der Waals surface area contributed by atoms with Crippen LogP contribution >= 0.6 is 0 Å². The third-order valence-corrected chi connectivity index (χ3v) is 2.33. The highest BCUT2D eigenvalue weighted by Crippen LogP contribution is 2.20. The molecule has 5 heteroatoms. The first kappa shape index (κ1) is 8.50. The number of nitrogens with one attached hydrogen (secondary N) is 1. The molecule has 0 spiro atoms. The third kappa shape index (κ3) is 1.98. The number of aromatic nitrogens is 2. The quantitative estimate of drug-likeness (QED) is 0.703. The molecule has 2 atom stereocenters. The van der Waals surface area contributed by atoms with Crippen molar-refractivity contribution in [2.75, 3.05) is 5.32 Å². The van der Waals surface area contributed by atoms with Crippen LogP contribution < -0.4 is 11.1 Å². The Morgan fingerprint density at radius 2 is 2.38 bits per heavy atom. The molecule has 1 aliphatic carbocycles. The Hall–Kier alpha value is -1.10. The summed E-state index contributed by atoms with van der Waals surface area (Å²) in [6, 6.07) is 0.734. The van der Waals surface area contributed by atoms with Gasteiger partial charge in [0.2, 0.25) is 5.89 Å². The summed E-state index contributed by atoms with van der Waals surface area (Å²) in [6.45, 7) is 1.78. The van der Waals surface area contributed by atoms with Crippen molar-refractivity contribution in [2.45, 2.75) is 38.3 Å². The topological polar surface area (TPSA) is 77.0 Å². The van der Waals surface area contributed by atoms with Crippen LogP contribution in [0.2, 0.25) is 0 Å². The Kier molecular flexibility index (Phi) is 2.18. The second-order valence-corrected chi connectivity index (χ2v) is 3.55. The van der Waals surface area contributed by atoms with Gasteiger partial charge in [-0.05, 0) is 24.4 Å². The van der Waals surface area contributed by atoms with Crippen LogP contribution in [-0.2, 0) is 0 Å². The van der Waals surface area contributed by atoms with Crippen molar-refractivity contribution in [1.82, 2.24) is 10.1 Å². The van der Waals surface area contributed by atoms with E-state index < -0.39 is 0 Å². The van der Waals surface area contributed by atoms with Gasteiger partial charge in [-0.15, -0.1) is 0 Å². The number of nitrogens with two attached hydrogens (primary N) is 1. The number of hydrogen-bond acceptors (Lipinski definition) is 5. The van der Waals surface area contributed by atoms with E-state index >= 15 is 0 Å². The van der Waals surface area contributed by atoms with Crippen LogP contribution in [0.15, 0.2) is 4.52 Å². The minimum absolute atomic E-state index is 0.325. The highest BCUT2D eigenvalue weighted by atomic mass is 16.5. The Labute approximate surface area is 76.7 Å². The van der Waals surface area contributed by atoms with E-state index in [9.17, 15) is 0 Å². The summed E-state index contributed by atoms with van der Waals surface area (Å²) in [5.41, 5.74) is 5.78. The van der Waals surface area contributed by atoms with Crippen LogP contribution in [-0.4, -0.2) is 22.2 Å². The normalized spacial score (nSPS) is 27.8. The first-order valence-corrected chi connectivity index (χ1v) is 4.56. The van der Waals surface area contributed by atoms with Crippen molar-refractivity contribution >= 4 is 5.95 Å². The summed E-state index contributed by atoms with van der Waals surface area (Å²) in [7, 11) is 0. The molecule has 1 fully saturated rings. The number of anilines is 1. The smallest absolute Gasteiger partial charge is 0.263 e. The summed E-state index contributed by atoms with van der Waals surface area (Å²) in [6.07, 6.45) is 3.16. The number of aryl methyl sites for hydroxylation is 1. The van der Waals surface area contributed by atoms with Gasteiger partial charge in [-0.1, -0.05) is 0 Å². The predicted molar refractivity (Wildman–Crippen MR) is 48.3 cm³/mol. The fraction of sp³-hybridized carbons (Fsp3) is 0.750. The van der Waals surface area contributed by atoms with Gasteiger partial charge >= 0.3 is 0 Å². The van der Waals surface area contributed by atoms with E-state index in [2.05, 4.69) is 15.5 Å². The molecular formula is C8H14N4O. The lowest BCUT2D eigenvalue weighted by molar-refractivity contribution is 0.394. The Morgan fingerprint density at radius 3 is 2.92 bits per heavy atom. The second kappa shape index (κ2) is 3.33. The molecule has 1 heterocycles. The van der Waals surface area contributed by atoms with Crippen molar-refractivity contribution < 1.29 is 4.52 Å². The van der Waals surface area contributed by atoms with E-state index in [-0.39, 0.29) is 0 Å². The van der Waals surface area contributed by atoms with Crippen molar-refractivity contribution in [3.8, 4) is 0 Å². The molecule has 0 unspecified atom stereocenters. The summed E-state index contributed by atoms with van der Waals surface area (Å²) < 4.78 is 4.85. The maximum Gasteiger partial charge on any atom is 0.263 e. The van der Waals surface area contributed by atoms with Gasteiger partial charge in [-0.25, -0.2) is 0 Å². The van der Waals surface area contributed by atoms with E-state index in [0.29, 0.717) is 23.9 Å². The van der Waals surface area contributed by atoms with Gasteiger partial charge < -0.3 is 15.6 Å². The van der Waals surface area contributed by atoms with Crippen molar-refractivity contribution in [1.29, 1.82) is 0 Å². The monoisotopic (exact) mass is 182 g/mol. The molecule has 13 heavy (non-hydrogen) atoms. The van der Waals surface area contributed by atoms with Gasteiger partial charge in [0.1, 0.15) is 0 Å². The molecule has 0 bridgehead atoms. The molecule has 1 aromatic rings. The lowest BCUT2D eigenvalue weighted by atomic mass is 10.2. The van der Waals surface area contributed by atoms with Crippen LogP contribution in [0.25, 0.3) is 0 Å². The van der Waals surface area contributed by atoms with Crippen LogP contribution in [0, 0.1) is 6.92 Å². The molecule has 0 saturated heterocycles. The Morgan fingerprint density at radius 1 is 1.54 bits per heavy atom. The van der Waals surface area contributed by atoms with E-state index in [0.717, 1.165) is 19.3 Å². The standard InChI is InChI=1S/C8H14N4O/c1-5-10-8(12-13-5)11-7-3-2-6(9)4-7/h6-7H,2-4,9H2,1H3,(H,11,12)/t6-,7-/m0/s1. The largest absolute Gasteiger partial charge is 0.349 e. The molecule has 1 saturated carbocycles. The lowest BCUT2D eigenvalue weighted by Crippen LogP contribution is -2.21. The molecule has 2 rings (SSSR count). The fourth-order valence-corrected chi connectivity index (χ4v) is 1.69. The number of nitrogens with zero attached hydrogens (tertiary/aromatic N) is 2. The molecule has 0 amide bonds. The molecular weight excluding hydrogens is 168 g/mol. The van der Waals surface area contributed by atoms with Crippen LogP contribution in [0.1, 0.15) is 25.2 Å². The minimum Gasteiger partial charge on any atom is -0.349 e. The van der Waals surface area contributed by atoms with Crippen LogP contribution in [0.3, 0.4) is 0 Å². The van der Waals surface area contributed by atoms with E-state index in [1.807, 2.05) is 0 Å². The first-order chi connectivity index (χ1) is 6.24. The van der Waals surface area contributed by atoms with E-state index in [1.54, 1.807) is 6.92 Å². The van der Waals surface area contributed by atoms with E-state index in [4.69, 9.17) is 10.3 Å². The molecule has 3 N–H and O–H groups in total. The highest BCUT2D eigenvalue weighted by molar-refractivity contribution is 5.24. The van der Waals surface area contributed by atoms with Gasteiger partial charge in [-0.2, -0.15) is 4.98 Å². The van der Waals surface area contributed by atoms with Gasteiger partial charge in [0.15, 0.2) is 0 Å². The van der Waals surface area contributed by atoms with Crippen molar-refractivity contribution in [3.63, 3.8) is 0 Å². The highest BCUT2D eigenvalue weighted by Gasteiger charge is 2.22. The Balaban J connectivity index is 1.91. The molecule has 0 radical (unpaired) electrons. The van der Waals surface area contributed by atoms with Gasteiger partial charge in [-0.3, -0.25) is 0 Å². The first-order valence-electron chi connectivity index (χ1n) is 4.56. The summed E-state index contributed by atoms with van der Waals surface area (Å²) >= 11 is 0. The summed E-state index contributed by atoms with van der Waals surface area (Å²) in [5.74, 6) is 1.17. The number of rotatable bonds is 2. The summed E-state index contributed by atoms with van der Waals surface area (Å²) in [4.78, 5) is 4.07. The van der Waals surface area contributed by atoms with Gasteiger partial charge in [0.05, 0.1) is 0 Å². The van der Waals surface area contributed by atoms with Gasteiger partial charge in [0.25, 0.3) is 5.95 Å². The molecule has 5 nitrogen and oxygen atoms in total. The SMILES string of the molecule is Cc1nc(N[C@H]2CC[C@H](N)C2)no1. The van der Waals surface area contributed by atoms with Crippen LogP contribution in [0.4, 0.5) is 5.95 Å². The molecule has 1 aliphatic rings. The fourth-order valence-electron chi connectivity index (χ4n) is 1.69. The molecule has 0 aliphatic heterocycles. The predicted octanol–water partition coefficient (Wildman–Crippen LogP) is 0.670. The maximum atomic E-state index is 5.78. The van der Waals surface area contributed by atoms with Crippen molar-refractivity contribution in [2.24, 2.45) is 5.73 Å². The third-order valence-electron chi connectivity index (χ3n) is 2.33. The van der Waals surface area contributed by atoms with Gasteiger partial charge in [0, 0.05) is 19.0 Å². The number of hydrogen-bond donors (Lipinski definition) is 2. The zero-order valence-corrected chi connectivity index (χ0v) is 7.66. The lowest BCUT2D eigenvalue weighted by Gasteiger charge is -2.08.